The van der Waals surface area contributed by atoms with Gasteiger partial charge in [0.1, 0.15) is 0 Å². The van der Waals surface area contributed by atoms with Crippen LogP contribution < -0.4 is 0 Å². The minimum Gasteiger partial charge on any atom is -0.345 e. The van der Waals surface area contributed by atoms with Crippen molar-refractivity contribution in [3.05, 3.63) is 36.0 Å². The summed E-state index contributed by atoms with van der Waals surface area (Å²) in [4.78, 5) is 0. The second-order valence-electron chi connectivity index (χ2n) is 3.84. The van der Waals surface area contributed by atoms with E-state index in [0.717, 1.165) is 6.54 Å². The minimum absolute atomic E-state index is 1.14. The molecule has 2 aromatic rings. The van der Waals surface area contributed by atoms with Crippen molar-refractivity contribution in [1.82, 2.24) is 4.57 Å². The third-order valence-electron chi connectivity index (χ3n) is 2.75. The molecule has 0 fully saturated rings. The molecule has 1 aromatic carbocycles. The Morgan fingerprint density at radius 2 is 2.07 bits per heavy atom. The quantitative estimate of drug-likeness (QED) is 0.710. The van der Waals surface area contributed by atoms with E-state index in [0.29, 0.717) is 0 Å². The Kier molecular flexibility index (Phi) is 3.37. The molecule has 2 rings (SSSR count). The molecule has 0 aliphatic rings. The van der Waals surface area contributed by atoms with Gasteiger partial charge in [-0.3, -0.25) is 0 Å². The summed E-state index contributed by atoms with van der Waals surface area (Å²) in [7, 11) is 0. The van der Waals surface area contributed by atoms with Crippen LogP contribution in [0.25, 0.3) is 10.9 Å². The smallest absolute Gasteiger partial charge is 0.0482 e. The van der Waals surface area contributed by atoms with Crippen LogP contribution in [0.15, 0.2) is 30.3 Å². The summed E-state index contributed by atoms with van der Waals surface area (Å²) in [6.07, 6.45) is 3.42. The van der Waals surface area contributed by atoms with Gasteiger partial charge in [0, 0.05) is 17.8 Å². The normalized spacial score (nSPS) is 11.1. The average molecular weight is 219 g/mol. The van der Waals surface area contributed by atoms with E-state index >= 15 is 0 Å². The number of aromatic nitrogens is 1. The Hall–Kier alpha value is -0.890. The lowest BCUT2D eigenvalue weighted by molar-refractivity contribution is 0.691. The summed E-state index contributed by atoms with van der Waals surface area (Å²) in [6, 6.07) is 10.9. The van der Waals surface area contributed by atoms with Gasteiger partial charge < -0.3 is 4.57 Å². The Balaban J connectivity index is 2.28. The van der Waals surface area contributed by atoms with Crippen molar-refractivity contribution in [3.63, 3.8) is 0 Å². The minimum atomic E-state index is 1.14. The number of thioether (sulfide) groups is 1. The number of fused-ring (bicyclic) bond motifs is 1. The Labute approximate surface area is 95.5 Å². The highest BCUT2D eigenvalue weighted by Gasteiger charge is 2.03. The van der Waals surface area contributed by atoms with Crippen molar-refractivity contribution in [1.29, 1.82) is 0 Å². The fourth-order valence-corrected chi connectivity index (χ4v) is 2.43. The summed E-state index contributed by atoms with van der Waals surface area (Å²) < 4.78 is 2.42. The van der Waals surface area contributed by atoms with Gasteiger partial charge in [-0.25, -0.2) is 0 Å². The Bertz CT molecular complexity index is 445. The predicted molar refractivity (Wildman–Crippen MR) is 69.7 cm³/mol. The van der Waals surface area contributed by atoms with Gasteiger partial charge in [-0.2, -0.15) is 11.8 Å². The maximum absolute atomic E-state index is 2.42. The molecule has 0 saturated heterocycles. The molecule has 0 aliphatic heterocycles. The third kappa shape index (κ3) is 2.20. The Morgan fingerprint density at radius 3 is 2.87 bits per heavy atom. The molecule has 15 heavy (non-hydrogen) atoms. The van der Waals surface area contributed by atoms with Crippen LogP contribution in [0.4, 0.5) is 0 Å². The number of benzene rings is 1. The third-order valence-corrected chi connectivity index (χ3v) is 3.44. The zero-order valence-corrected chi connectivity index (χ0v) is 10.2. The first-order valence-corrected chi connectivity index (χ1v) is 6.76. The second-order valence-corrected chi connectivity index (χ2v) is 4.83. The van der Waals surface area contributed by atoms with E-state index < -0.39 is 0 Å². The van der Waals surface area contributed by atoms with Crippen molar-refractivity contribution in [2.24, 2.45) is 0 Å². The Morgan fingerprint density at radius 1 is 1.27 bits per heavy atom. The molecular formula is C13H17NS. The molecular weight excluding hydrogens is 202 g/mol. The zero-order valence-electron chi connectivity index (χ0n) is 9.36. The van der Waals surface area contributed by atoms with Crippen molar-refractivity contribution in [3.8, 4) is 0 Å². The second kappa shape index (κ2) is 4.75. The van der Waals surface area contributed by atoms with Gasteiger partial charge in [0.25, 0.3) is 0 Å². The van der Waals surface area contributed by atoms with Gasteiger partial charge >= 0.3 is 0 Å². The van der Waals surface area contributed by atoms with Crippen molar-refractivity contribution >= 4 is 22.7 Å². The number of para-hydroxylation sites is 1. The summed E-state index contributed by atoms with van der Waals surface area (Å²) in [5.74, 6) is 1.24. The van der Waals surface area contributed by atoms with Crippen LogP contribution >= 0.6 is 11.8 Å². The highest BCUT2D eigenvalue weighted by Crippen LogP contribution is 2.19. The van der Waals surface area contributed by atoms with Crippen molar-refractivity contribution < 1.29 is 0 Å². The summed E-state index contributed by atoms with van der Waals surface area (Å²) in [5, 5.41) is 1.36. The number of hydrogen-bond acceptors (Lipinski definition) is 1. The standard InChI is InChI=1S/C13H17NS/c1-11-10-12-6-3-4-7-13(12)14(11)8-5-9-15-2/h3-4,6-7,10H,5,8-9H2,1-2H3. The molecule has 1 aromatic heterocycles. The van der Waals surface area contributed by atoms with Gasteiger partial charge in [-0.15, -0.1) is 0 Å². The van der Waals surface area contributed by atoms with E-state index in [1.165, 1.54) is 28.8 Å². The molecule has 0 amide bonds. The fourth-order valence-electron chi connectivity index (χ4n) is 2.01. The highest BCUT2D eigenvalue weighted by molar-refractivity contribution is 7.98. The van der Waals surface area contributed by atoms with E-state index in [4.69, 9.17) is 0 Å². The predicted octanol–water partition coefficient (Wildman–Crippen LogP) is 3.70. The lowest BCUT2D eigenvalue weighted by atomic mass is 10.2. The molecule has 0 bridgehead atoms. The molecule has 1 heterocycles. The maximum Gasteiger partial charge on any atom is 0.0482 e. The molecule has 0 radical (unpaired) electrons. The largest absolute Gasteiger partial charge is 0.345 e. The summed E-state index contributed by atoms with van der Waals surface area (Å²) in [5.41, 5.74) is 2.74. The summed E-state index contributed by atoms with van der Waals surface area (Å²) >= 11 is 1.92. The number of hydrogen-bond donors (Lipinski definition) is 0. The molecule has 0 saturated carbocycles. The zero-order chi connectivity index (χ0) is 10.7. The van der Waals surface area contributed by atoms with Gasteiger partial charge in [-0.1, -0.05) is 18.2 Å². The van der Waals surface area contributed by atoms with Gasteiger partial charge in [0.2, 0.25) is 0 Å². The fraction of sp³-hybridized carbons (Fsp3) is 0.385. The van der Waals surface area contributed by atoms with Crippen LogP contribution in [0.2, 0.25) is 0 Å². The number of nitrogens with zero attached hydrogens (tertiary/aromatic N) is 1. The molecule has 0 N–H and O–H groups in total. The van der Waals surface area contributed by atoms with Crippen molar-refractivity contribution in [2.45, 2.75) is 19.9 Å². The van der Waals surface area contributed by atoms with E-state index in [1.807, 2.05) is 11.8 Å². The van der Waals surface area contributed by atoms with Gasteiger partial charge in [-0.05, 0) is 42.9 Å². The van der Waals surface area contributed by atoms with Crippen LogP contribution in [0.3, 0.4) is 0 Å². The molecule has 0 spiro atoms. The maximum atomic E-state index is 2.42. The lowest BCUT2D eigenvalue weighted by Gasteiger charge is -2.07. The van der Waals surface area contributed by atoms with Gasteiger partial charge in [0.15, 0.2) is 0 Å². The number of aryl methyl sites for hydroxylation is 2. The first-order chi connectivity index (χ1) is 7.33. The van der Waals surface area contributed by atoms with Crippen molar-refractivity contribution in [2.75, 3.05) is 12.0 Å². The monoisotopic (exact) mass is 219 g/mol. The molecule has 80 valence electrons. The van der Waals surface area contributed by atoms with Crippen LogP contribution in [0, 0.1) is 6.92 Å². The molecule has 0 aliphatic carbocycles. The number of rotatable bonds is 4. The molecule has 2 heteroatoms. The van der Waals surface area contributed by atoms with E-state index in [1.54, 1.807) is 0 Å². The van der Waals surface area contributed by atoms with Gasteiger partial charge in [0.05, 0.1) is 0 Å². The molecule has 0 unspecified atom stereocenters. The molecule has 0 atom stereocenters. The van der Waals surface area contributed by atoms with Crippen LogP contribution in [-0.4, -0.2) is 16.6 Å². The van der Waals surface area contributed by atoms with Crippen LogP contribution in [0.5, 0.6) is 0 Å². The molecule has 1 nitrogen and oxygen atoms in total. The first-order valence-electron chi connectivity index (χ1n) is 5.37. The van der Waals surface area contributed by atoms with E-state index in [9.17, 15) is 0 Å². The van der Waals surface area contributed by atoms with E-state index in [2.05, 4.69) is 48.1 Å². The average Bonchev–Trinajstić information content (AvgIpc) is 2.56. The lowest BCUT2D eigenvalue weighted by Crippen LogP contribution is -2.00. The topological polar surface area (TPSA) is 4.93 Å². The summed E-state index contributed by atoms with van der Waals surface area (Å²) in [6.45, 7) is 3.33. The first kappa shape index (κ1) is 10.6. The van der Waals surface area contributed by atoms with Crippen LogP contribution in [-0.2, 0) is 6.54 Å². The van der Waals surface area contributed by atoms with E-state index in [-0.39, 0.29) is 0 Å². The SMILES string of the molecule is CSCCCn1c(C)cc2ccccc21. The highest BCUT2D eigenvalue weighted by atomic mass is 32.2. The van der Waals surface area contributed by atoms with Crippen LogP contribution in [0.1, 0.15) is 12.1 Å².